The highest BCUT2D eigenvalue weighted by atomic mass is 16.7. The molecule has 0 spiro atoms. The van der Waals surface area contributed by atoms with E-state index in [4.69, 9.17) is 9.47 Å². The van der Waals surface area contributed by atoms with Crippen molar-refractivity contribution < 1.29 is 14.3 Å². The van der Waals surface area contributed by atoms with E-state index in [9.17, 15) is 4.79 Å². The van der Waals surface area contributed by atoms with Gasteiger partial charge in [0.05, 0.1) is 0 Å². The molecule has 0 saturated heterocycles. The van der Waals surface area contributed by atoms with Crippen LogP contribution in [0.4, 0.5) is 0 Å². The Morgan fingerprint density at radius 1 is 1.27 bits per heavy atom. The summed E-state index contributed by atoms with van der Waals surface area (Å²) in [7, 11) is 0. The predicted molar refractivity (Wildman–Crippen MR) is 57.7 cm³/mol. The number of aryl methyl sites for hydroxylation is 1. The zero-order chi connectivity index (χ0) is 11.1. The number of para-hydroxylation sites is 1. The Hall–Kier alpha value is -1.51. The number of rotatable bonds is 5. The van der Waals surface area contributed by atoms with Gasteiger partial charge in [0, 0.05) is 6.42 Å². The Labute approximate surface area is 90.0 Å². The minimum absolute atomic E-state index is 0.0102. The Bertz CT molecular complexity index is 320. The molecular weight excluding hydrogens is 192 g/mol. The Balaban J connectivity index is 2.46. The topological polar surface area (TPSA) is 35.5 Å². The lowest BCUT2D eigenvalue weighted by Crippen LogP contribution is -2.09. The maximum absolute atomic E-state index is 10.9. The summed E-state index contributed by atoms with van der Waals surface area (Å²) in [6, 6.07) is 7.73. The number of carbonyl (C=O) groups excluding carboxylic acids is 1. The molecule has 1 aromatic rings. The van der Waals surface area contributed by atoms with Crippen molar-refractivity contribution in [2.24, 2.45) is 0 Å². The fourth-order valence-electron chi connectivity index (χ4n) is 1.20. The molecule has 3 heteroatoms. The van der Waals surface area contributed by atoms with Crippen LogP contribution in [0.15, 0.2) is 24.3 Å². The number of carbonyl (C=O) groups is 1. The molecule has 0 heterocycles. The number of hydrogen-bond acceptors (Lipinski definition) is 3. The van der Waals surface area contributed by atoms with Crippen LogP contribution >= 0.6 is 0 Å². The highest BCUT2D eigenvalue weighted by molar-refractivity contribution is 5.68. The average molecular weight is 208 g/mol. The molecule has 0 saturated carbocycles. The number of benzene rings is 1. The van der Waals surface area contributed by atoms with E-state index in [1.165, 1.54) is 0 Å². The quantitative estimate of drug-likeness (QED) is 0.551. The van der Waals surface area contributed by atoms with E-state index in [1.807, 2.05) is 24.3 Å². The first-order valence-corrected chi connectivity index (χ1v) is 5.14. The SMILES string of the molecule is CCC(=O)OCOc1ccccc1CC. The van der Waals surface area contributed by atoms with Gasteiger partial charge in [0.25, 0.3) is 0 Å². The molecule has 3 nitrogen and oxygen atoms in total. The van der Waals surface area contributed by atoms with Crippen LogP contribution in [0.1, 0.15) is 25.8 Å². The molecular formula is C12H16O3. The summed E-state index contributed by atoms with van der Waals surface area (Å²) in [5, 5.41) is 0. The molecule has 0 radical (unpaired) electrons. The first-order chi connectivity index (χ1) is 7.27. The normalized spacial score (nSPS) is 9.73. The molecule has 0 aromatic heterocycles. The van der Waals surface area contributed by atoms with Gasteiger partial charge in [-0.25, -0.2) is 0 Å². The largest absolute Gasteiger partial charge is 0.457 e. The molecule has 0 aliphatic heterocycles. The smallest absolute Gasteiger partial charge is 0.308 e. The van der Waals surface area contributed by atoms with Crippen molar-refractivity contribution in [3.8, 4) is 5.75 Å². The molecule has 1 aromatic carbocycles. The average Bonchev–Trinajstić information content (AvgIpc) is 2.29. The van der Waals surface area contributed by atoms with Crippen molar-refractivity contribution in [2.75, 3.05) is 6.79 Å². The summed E-state index contributed by atoms with van der Waals surface area (Å²) in [5.41, 5.74) is 1.12. The fourth-order valence-corrected chi connectivity index (χ4v) is 1.20. The van der Waals surface area contributed by atoms with Gasteiger partial charge < -0.3 is 9.47 Å². The van der Waals surface area contributed by atoms with Crippen LogP contribution in [0.5, 0.6) is 5.75 Å². The summed E-state index contributed by atoms with van der Waals surface area (Å²) in [6.07, 6.45) is 1.27. The van der Waals surface area contributed by atoms with Crippen molar-refractivity contribution in [3.05, 3.63) is 29.8 Å². The van der Waals surface area contributed by atoms with Gasteiger partial charge in [-0.15, -0.1) is 0 Å². The third-order valence-corrected chi connectivity index (χ3v) is 2.08. The van der Waals surface area contributed by atoms with Gasteiger partial charge in [0.1, 0.15) is 5.75 Å². The lowest BCUT2D eigenvalue weighted by atomic mass is 10.1. The lowest BCUT2D eigenvalue weighted by Gasteiger charge is -2.09. The van der Waals surface area contributed by atoms with Gasteiger partial charge in [-0.05, 0) is 18.1 Å². The Morgan fingerprint density at radius 2 is 2.00 bits per heavy atom. The van der Waals surface area contributed by atoms with E-state index in [1.54, 1.807) is 6.92 Å². The Kier molecular flexibility index (Phi) is 4.68. The molecule has 15 heavy (non-hydrogen) atoms. The van der Waals surface area contributed by atoms with Crippen molar-refractivity contribution in [1.82, 2.24) is 0 Å². The second kappa shape index (κ2) is 6.06. The second-order valence-electron chi connectivity index (χ2n) is 3.09. The molecule has 0 fully saturated rings. The third kappa shape index (κ3) is 3.62. The molecule has 1 rings (SSSR count). The summed E-state index contributed by atoms with van der Waals surface area (Å²) in [4.78, 5) is 10.9. The number of hydrogen-bond donors (Lipinski definition) is 0. The van der Waals surface area contributed by atoms with Gasteiger partial charge in [0.15, 0.2) is 0 Å². The summed E-state index contributed by atoms with van der Waals surface area (Å²) in [6.45, 7) is 3.80. The van der Waals surface area contributed by atoms with Crippen LogP contribution in [0.2, 0.25) is 0 Å². The van der Waals surface area contributed by atoms with Crippen molar-refractivity contribution in [2.45, 2.75) is 26.7 Å². The van der Waals surface area contributed by atoms with E-state index in [-0.39, 0.29) is 12.8 Å². The highest BCUT2D eigenvalue weighted by Gasteiger charge is 2.02. The zero-order valence-corrected chi connectivity index (χ0v) is 9.16. The monoisotopic (exact) mass is 208 g/mol. The summed E-state index contributed by atoms with van der Waals surface area (Å²) in [5.74, 6) is 0.535. The summed E-state index contributed by atoms with van der Waals surface area (Å²) >= 11 is 0. The Morgan fingerprint density at radius 3 is 2.67 bits per heavy atom. The van der Waals surface area contributed by atoms with Gasteiger partial charge in [-0.3, -0.25) is 4.79 Å². The van der Waals surface area contributed by atoms with Crippen molar-refractivity contribution in [3.63, 3.8) is 0 Å². The molecule has 0 amide bonds. The molecule has 0 bridgehead atoms. The van der Waals surface area contributed by atoms with Crippen LogP contribution in [0.3, 0.4) is 0 Å². The maximum atomic E-state index is 10.9. The predicted octanol–water partition coefficient (Wildman–Crippen LogP) is 2.54. The minimum Gasteiger partial charge on any atom is -0.457 e. The van der Waals surface area contributed by atoms with E-state index >= 15 is 0 Å². The zero-order valence-electron chi connectivity index (χ0n) is 9.16. The highest BCUT2D eigenvalue weighted by Crippen LogP contribution is 2.17. The first kappa shape index (κ1) is 11.6. The summed E-state index contributed by atoms with van der Waals surface area (Å²) < 4.78 is 10.2. The van der Waals surface area contributed by atoms with Gasteiger partial charge >= 0.3 is 5.97 Å². The van der Waals surface area contributed by atoms with Crippen LogP contribution in [0, 0.1) is 0 Å². The van der Waals surface area contributed by atoms with Crippen molar-refractivity contribution in [1.29, 1.82) is 0 Å². The first-order valence-electron chi connectivity index (χ1n) is 5.14. The lowest BCUT2D eigenvalue weighted by molar-refractivity contribution is -0.149. The molecule has 0 N–H and O–H groups in total. The van der Waals surface area contributed by atoms with E-state index < -0.39 is 0 Å². The number of ether oxygens (including phenoxy) is 2. The number of esters is 1. The van der Waals surface area contributed by atoms with E-state index in [0.29, 0.717) is 6.42 Å². The van der Waals surface area contributed by atoms with Gasteiger partial charge in [-0.2, -0.15) is 0 Å². The maximum Gasteiger partial charge on any atom is 0.308 e. The van der Waals surface area contributed by atoms with Crippen molar-refractivity contribution >= 4 is 5.97 Å². The molecule has 82 valence electrons. The van der Waals surface area contributed by atoms with Crippen LogP contribution in [-0.4, -0.2) is 12.8 Å². The van der Waals surface area contributed by atoms with Crippen LogP contribution < -0.4 is 4.74 Å². The third-order valence-electron chi connectivity index (χ3n) is 2.08. The standard InChI is InChI=1S/C12H16O3/c1-3-10-7-5-6-8-11(10)14-9-15-12(13)4-2/h5-8H,3-4,9H2,1-2H3. The van der Waals surface area contributed by atoms with E-state index in [0.717, 1.165) is 17.7 Å². The van der Waals surface area contributed by atoms with E-state index in [2.05, 4.69) is 6.92 Å². The molecule has 0 atom stereocenters. The second-order valence-corrected chi connectivity index (χ2v) is 3.09. The minimum atomic E-state index is -0.246. The van der Waals surface area contributed by atoms with Gasteiger partial charge in [0.2, 0.25) is 6.79 Å². The van der Waals surface area contributed by atoms with Crippen LogP contribution in [-0.2, 0) is 16.0 Å². The molecule has 0 unspecified atom stereocenters. The van der Waals surface area contributed by atoms with Crippen LogP contribution in [0.25, 0.3) is 0 Å². The molecule has 0 aliphatic rings. The van der Waals surface area contributed by atoms with Gasteiger partial charge in [-0.1, -0.05) is 32.0 Å². The molecule has 0 aliphatic carbocycles. The fraction of sp³-hybridized carbons (Fsp3) is 0.417.